The standard InChI is InChI=1S/C14H19ClN2O2/c15-12-8-7-11(14(18)19)13(17-12)16-9-3-6-10-4-1-2-5-10/h7-8,10H,1-6,9H2,(H,16,17)(H,18,19). The lowest BCUT2D eigenvalue weighted by Gasteiger charge is -2.11. The number of carbonyl (C=O) groups is 1. The SMILES string of the molecule is O=C(O)c1ccc(Cl)nc1NCCCC1CCCC1. The van der Waals surface area contributed by atoms with Crippen LogP contribution >= 0.6 is 11.6 Å². The van der Waals surface area contributed by atoms with Crippen molar-refractivity contribution in [1.29, 1.82) is 0 Å². The van der Waals surface area contributed by atoms with E-state index in [4.69, 9.17) is 16.7 Å². The third-order valence-corrected chi connectivity index (χ3v) is 3.86. The molecule has 1 aliphatic carbocycles. The Morgan fingerprint density at radius 1 is 1.42 bits per heavy atom. The monoisotopic (exact) mass is 282 g/mol. The van der Waals surface area contributed by atoms with Crippen LogP contribution in [-0.2, 0) is 0 Å². The fraction of sp³-hybridized carbons (Fsp3) is 0.571. The summed E-state index contributed by atoms with van der Waals surface area (Å²) < 4.78 is 0. The summed E-state index contributed by atoms with van der Waals surface area (Å²) in [6, 6.07) is 2.98. The predicted molar refractivity (Wildman–Crippen MR) is 75.9 cm³/mol. The zero-order chi connectivity index (χ0) is 13.7. The molecule has 1 heterocycles. The number of nitrogens with zero attached hydrogens (tertiary/aromatic N) is 1. The Morgan fingerprint density at radius 2 is 2.16 bits per heavy atom. The van der Waals surface area contributed by atoms with E-state index in [1.807, 2.05) is 0 Å². The van der Waals surface area contributed by atoms with Gasteiger partial charge in [0.05, 0.1) is 0 Å². The third kappa shape index (κ3) is 4.10. The van der Waals surface area contributed by atoms with Crippen molar-refractivity contribution in [1.82, 2.24) is 4.98 Å². The normalized spacial score (nSPS) is 15.6. The van der Waals surface area contributed by atoms with Crippen molar-refractivity contribution in [2.24, 2.45) is 5.92 Å². The molecule has 0 radical (unpaired) electrons. The number of hydrogen-bond acceptors (Lipinski definition) is 3. The minimum absolute atomic E-state index is 0.172. The summed E-state index contributed by atoms with van der Waals surface area (Å²) in [6.07, 6.45) is 7.65. The molecule has 0 unspecified atom stereocenters. The van der Waals surface area contributed by atoms with Gasteiger partial charge in [0.25, 0.3) is 0 Å². The maximum absolute atomic E-state index is 11.1. The Balaban J connectivity index is 1.84. The zero-order valence-electron chi connectivity index (χ0n) is 10.9. The van der Waals surface area contributed by atoms with Crippen molar-refractivity contribution in [3.63, 3.8) is 0 Å². The van der Waals surface area contributed by atoms with E-state index in [0.717, 1.165) is 18.9 Å². The molecule has 1 fully saturated rings. The largest absolute Gasteiger partial charge is 0.478 e. The summed E-state index contributed by atoms with van der Waals surface area (Å²) in [5.41, 5.74) is 0.172. The first-order chi connectivity index (χ1) is 9.16. The van der Waals surface area contributed by atoms with Crippen LogP contribution in [0.2, 0.25) is 5.15 Å². The minimum Gasteiger partial charge on any atom is -0.478 e. The van der Waals surface area contributed by atoms with Gasteiger partial charge >= 0.3 is 5.97 Å². The van der Waals surface area contributed by atoms with E-state index in [9.17, 15) is 4.79 Å². The van der Waals surface area contributed by atoms with Crippen molar-refractivity contribution >= 4 is 23.4 Å². The van der Waals surface area contributed by atoms with E-state index < -0.39 is 5.97 Å². The number of hydrogen-bond donors (Lipinski definition) is 2. The van der Waals surface area contributed by atoms with Crippen molar-refractivity contribution in [2.45, 2.75) is 38.5 Å². The molecular formula is C14H19ClN2O2. The molecule has 0 atom stereocenters. The van der Waals surface area contributed by atoms with Crippen LogP contribution in [0.5, 0.6) is 0 Å². The first-order valence-corrected chi connectivity index (χ1v) is 7.18. The van der Waals surface area contributed by atoms with E-state index in [1.165, 1.54) is 44.2 Å². The summed E-state index contributed by atoms with van der Waals surface area (Å²) in [5, 5.41) is 12.5. The quantitative estimate of drug-likeness (QED) is 0.615. The predicted octanol–water partition coefficient (Wildman–Crippen LogP) is 3.82. The molecule has 0 bridgehead atoms. The number of carboxylic acid groups (broad SMARTS) is 1. The second-order valence-corrected chi connectivity index (χ2v) is 5.44. The summed E-state index contributed by atoms with van der Waals surface area (Å²) >= 11 is 5.79. The van der Waals surface area contributed by atoms with Gasteiger partial charge in [-0.1, -0.05) is 37.3 Å². The smallest absolute Gasteiger partial charge is 0.339 e. The van der Waals surface area contributed by atoms with Gasteiger partial charge in [-0.05, 0) is 30.9 Å². The van der Waals surface area contributed by atoms with Crippen LogP contribution in [0.3, 0.4) is 0 Å². The second kappa shape index (κ2) is 6.75. The van der Waals surface area contributed by atoms with Crippen LogP contribution in [0.15, 0.2) is 12.1 Å². The average Bonchev–Trinajstić information content (AvgIpc) is 2.87. The molecule has 0 spiro atoms. The van der Waals surface area contributed by atoms with Gasteiger partial charge < -0.3 is 10.4 Å². The van der Waals surface area contributed by atoms with Crippen molar-refractivity contribution in [2.75, 3.05) is 11.9 Å². The van der Waals surface area contributed by atoms with Crippen LogP contribution in [0.1, 0.15) is 48.9 Å². The van der Waals surface area contributed by atoms with E-state index in [1.54, 1.807) is 0 Å². The lowest BCUT2D eigenvalue weighted by Crippen LogP contribution is -2.10. The summed E-state index contributed by atoms with van der Waals surface area (Å²) in [6.45, 7) is 0.740. The number of rotatable bonds is 6. The highest BCUT2D eigenvalue weighted by Crippen LogP contribution is 2.28. The topological polar surface area (TPSA) is 62.2 Å². The van der Waals surface area contributed by atoms with Gasteiger partial charge in [-0.3, -0.25) is 0 Å². The average molecular weight is 283 g/mol. The summed E-state index contributed by atoms with van der Waals surface area (Å²) in [5.74, 6) is 0.238. The number of carboxylic acids is 1. The number of halogens is 1. The minimum atomic E-state index is -0.984. The first kappa shape index (κ1) is 14.1. The molecule has 1 saturated carbocycles. The molecule has 1 aliphatic rings. The number of aromatic nitrogens is 1. The number of aromatic carboxylic acids is 1. The molecule has 1 aromatic rings. The van der Waals surface area contributed by atoms with Crippen LogP contribution < -0.4 is 5.32 Å². The van der Waals surface area contributed by atoms with Crippen molar-refractivity contribution in [3.8, 4) is 0 Å². The Labute approximate surface area is 118 Å². The van der Waals surface area contributed by atoms with Gasteiger partial charge in [0, 0.05) is 6.54 Å². The van der Waals surface area contributed by atoms with E-state index >= 15 is 0 Å². The third-order valence-electron chi connectivity index (χ3n) is 3.65. The number of nitrogens with one attached hydrogen (secondary N) is 1. The van der Waals surface area contributed by atoms with Crippen LogP contribution in [0.25, 0.3) is 0 Å². The number of pyridine rings is 1. The molecule has 2 N–H and O–H groups in total. The first-order valence-electron chi connectivity index (χ1n) is 6.80. The lowest BCUT2D eigenvalue weighted by molar-refractivity contribution is 0.0697. The van der Waals surface area contributed by atoms with E-state index in [-0.39, 0.29) is 5.56 Å². The van der Waals surface area contributed by atoms with Gasteiger partial charge in [0.15, 0.2) is 0 Å². The van der Waals surface area contributed by atoms with Gasteiger partial charge in [0.2, 0.25) is 0 Å². The van der Waals surface area contributed by atoms with Crippen molar-refractivity contribution < 1.29 is 9.90 Å². The molecule has 0 aromatic carbocycles. The molecule has 19 heavy (non-hydrogen) atoms. The Hall–Kier alpha value is -1.29. The maximum Gasteiger partial charge on any atom is 0.339 e. The van der Waals surface area contributed by atoms with Gasteiger partial charge in [-0.25, -0.2) is 9.78 Å². The number of anilines is 1. The Morgan fingerprint density at radius 3 is 2.84 bits per heavy atom. The molecule has 4 nitrogen and oxygen atoms in total. The highest BCUT2D eigenvalue weighted by atomic mass is 35.5. The van der Waals surface area contributed by atoms with E-state index in [2.05, 4.69) is 10.3 Å². The lowest BCUT2D eigenvalue weighted by atomic mass is 10.0. The van der Waals surface area contributed by atoms with Gasteiger partial charge in [-0.15, -0.1) is 0 Å². The molecular weight excluding hydrogens is 264 g/mol. The second-order valence-electron chi connectivity index (χ2n) is 5.05. The highest BCUT2D eigenvalue weighted by Gasteiger charge is 2.15. The molecule has 0 amide bonds. The van der Waals surface area contributed by atoms with Gasteiger partial charge in [-0.2, -0.15) is 0 Å². The maximum atomic E-state index is 11.1. The van der Waals surface area contributed by atoms with Crippen LogP contribution in [0, 0.1) is 5.92 Å². The van der Waals surface area contributed by atoms with Crippen LogP contribution in [0.4, 0.5) is 5.82 Å². The van der Waals surface area contributed by atoms with E-state index in [0.29, 0.717) is 11.0 Å². The molecule has 2 rings (SSSR count). The Bertz CT molecular complexity index is 445. The molecule has 1 aromatic heterocycles. The molecule has 5 heteroatoms. The fourth-order valence-corrected chi connectivity index (χ4v) is 2.79. The molecule has 0 aliphatic heterocycles. The summed E-state index contributed by atoms with van der Waals surface area (Å²) in [7, 11) is 0. The van der Waals surface area contributed by atoms with Crippen LogP contribution in [-0.4, -0.2) is 22.6 Å². The summed E-state index contributed by atoms with van der Waals surface area (Å²) in [4.78, 5) is 15.1. The fourth-order valence-electron chi connectivity index (χ4n) is 2.64. The highest BCUT2D eigenvalue weighted by molar-refractivity contribution is 6.29. The van der Waals surface area contributed by atoms with Gasteiger partial charge in [0.1, 0.15) is 16.5 Å². The molecule has 0 saturated heterocycles. The van der Waals surface area contributed by atoms with Crippen molar-refractivity contribution in [3.05, 3.63) is 22.8 Å². The zero-order valence-corrected chi connectivity index (χ0v) is 11.6. The Kier molecular flexibility index (Phi) is 5.02. The molecule has 104 valence electrons.